The van der Waals surface area contributed by atoms with Gasteiger partial charge in [-0.1, -0.05) is 0 Å². The maximum absolute atomic E-state index is 2.19. The number of benzene rings is 2. The first kappa shape index (κ1) is 13.1. The van der Waals surface area contributed by atoms with Crippen LogP contribution in [0.3, 0.4) is 0 Å². The van der Waals surface area contributed by atoms with E-state index < -0.39 is 0 Å². The van der Waals surface area contributed by atoms with Gasteiger partial charge in [0.2, 0.25) is 0 Å². The topological polar surface area (TPSA) is 0 Å². The van der Waals surface area contributed by atoms with Gasteiger partial charge in [0.1, 0.15) is 0 Å². The van der Waals surface area contributed by atoms with E-state index in [0.29, 0.717) is 15.0 Å². The molecule has 17 heavy (non-hydrogen) atoms. The molecule has 0 heterocycles. The zero-order valence-corrected chi connectivity index (χ0v) is 12.8. The molecule has 0 nitrogen and oxygen atoms in total. The first-order valence-electron chi connectivity index (χ1n) is 5.38. The molecule has 2 rings (SSSR count). The first-order chi connectivity index (χ1) is 8.45. The summed E-state index contributed by atoms with van der Waals surface area (Å²) in [5.41, 5.74) is 0. The molecule has 2 aromatic rings. The molecule has 0 unspecified atom stereocenters. The number of thioether (sulfide) groups is 2. The predicted molar refractivity (Wildman–Crippen MR) is 80.1 cm³/mol. The van der Waals surface area contributed by atoms with E-state index in [1.54, 1.807) is 0 Å². The zero-order valence-electron chi connectivity index (χ0n) is 9.41. The Balaban J connectivity index is 1.61. The Morgan fingerprint density at radius 3 is 1.47 bits per heavy atom. The van der Waals surface area contributed by atoms with Crippen molar-refractivity contribution in [3.05, 3.63) is 60.7 Å². The van der Waals surface area contributed by atoms with E-state index >= 15 is 0 Å². The molecule has 0 spiro atoms. The third kappa shape index (κ3) is 5.22. The van der Waals surface area contributed by atoms with Crippen LogP contribution in [-0.2, 0) is 0 Å². The van der Waals surface area contributed by atoms with Crippen molar-refractivity contribution in [3.8, 4) is 0 Å². The molecular formula is C14H14S2Se. The fourth-order valence-electron chi connectivity index (χ4n) is 1.29. The van der Waals surface area contributed by atoms with E-state index in [9.17, 15) is 0 Å². The van der Waals surface area contributed by atoms with Crippen LogP contribution in [0.1, 0.15) is 0 Å². The molecule has 0 atom stereocenters. The summed E-state index contributed by atoms with van der Waals surface area (Å²) in [6, 6.07) is 21.3. The molecule has 3 heteroatoms. The molecule has 88 valence electrons. The molecule has 2 aromatic carbocycles. The molecule has 0 fully saturated rings. The Kier molecular flexibility index (Phi) is 6.08. The normalized spacial score (nSPS) is 10.4. The second-order valence-corrected chi connectivity index (χ2v) is 9.17. The molecule has 0 radical (unpaired) electrons. The van der Waals surface area contributed by atoms with Gasteiger partial charge in [-0.05, 0) is 0 Å². The van der Waals surface area contributed by atoms with E-state index in [2.05, 4.69) is 60.7 Å². The van der Waals surface area contributed by atoms with Crippen LogP contribution < -0.4 is 0 Å². The first-order valence-corrected chi connectivity index (χ1v) is 9.78. The maximum atomic E-state index is 2.19. The standard InChI is InChI=1S/C14H14S2Se/c1-3-7-13(8-4-1)15-11-17-12-16-14-9-5-2-6-10-14/h1-10H,11-12H2. The third-order valence-electron chi connectivity index (χ3n) is 2.10. The van der Waals surface area contributed by atoms with Crippen LogP contribution in [-0.4, -0.2) is 24.3 Å². The molecule has 0 bridgehead atoms. The van der Waals surface area contributed by atoms with Crippen LogP contribution >= 0.6 is 23.5 Å². The van der Waals surface area contributed by atoms with Crippen LogP contribution in [0, 0.1) is 0 Å². The van der Waals surface area contributed by atoms with Crippen molar-refractivity contribution >= 4 is 38.5 Å². The van der Waals surface area contributed by atoms with Crippen LogP contribution in [0.2, 0.25) is 0 Å². The summed E-state index contributed by atoms with van der Waals surface area (Å²) in [5, 5.41) is 0. The monoisotopic (exact) mass is 326 g/mol. The van der Waals surface area contributed by atoms with Crippen molar-refractivity contribution in [1.29, 1.82) is 0 Å². The molecule has 0 saturated carbocycles. The summed E-state index contributed by atoms with van der Waals surface area (Å²) < 4.78 is 2.52. The SMILES string of the molecule is c1ccc(SC[Se]CSc2ccccc2)cc1. The summed E-state index contributed by atoms with van der Waals surface area (Å²) in [6.07, 6.45) is 0. The Morgan fingerprint density at radius 1 is 0.647 bits per heavy atom. The molecule has 0 amide bonds. The number of hydrogen-bond donors (Lipinski definition) is 0. The zero-order chi connectivity index (χ0) is 11.8. The van der Waals surface area contributed by atoms with Gasteiger partial charge in [-0.15, -0.1) is 0 Å². The molecule has 0 aliphatic carbocycles. The Hall–Kier alpha value is -0.341. The Labute approximate surface area is 118 Å². The molecular weight excluding hydrogens is 311 g/mol. The van der Waals surface area contributed by atoms with Crippen molar-refractivity contribution in [2.45, 2.75) is 9.79 Å². The summed E-state index contributed by atoms with van der Waals surface area (Å²) in [7, 11) is 0. The molecule has 0 aliphatic rings. The molecule has 0 N–H and O–H groups in total. The third-order valence-corrected chi connectivity index (χ3v) is 7.47. The van der Waals surface area contributed by atoms with Crippen LogP contribution in [0.25, 0.3) is 0 Å². The average molecular weight is 325 g/mol. The van der Waals surface area contributed by atoms with Gasteiger partial charge in [0.05, 0.1) is 0 Å². The summed E-state index contributed by atoms with van der Waals surface area (Å²) in [6.45, 7) is 0. The Bertz CT molecular complexity index is 375. The average Bonchev–Trinajstić information content (AvgIpc) is 2.41. The quantitative estimate of drug-likeness (QED) is 0.444. The van der Waals surface area contributed by atoms with Gasteiger partial charge in [0, 0.05) is 0 Å². The van der Waals surface area contributed by atoms with E-state index in [1.165, 1.54) is 19.1 Å². The van der Waals surface area contributed by atoms with E-state index in [-0.39, 0.29) is 0 Å². The molecule has 0 aromatic heterocycles. The second kappa shape index (κ2) is 7.88. The van der Waals surface area contributed by atoms with Gasteiger partial charge in [-0.25, -0.2) is 0 Å². The molecule has 0 saturated heterocycles. The fourth-order valence-corrected chi connectivity index (χ4v) is 6.74. The molecule has 0 aliphatic heterocycles. The van der Waals surface area contributed by atoms with Crippen LogP contribution in [0.15, 0.2) is 70.5 Å². The second-order valence-electron chi connectivity index (χ2n) is 3.35. The van der Waals surface area contributed by atoms with Crippen molar-refractivity contribution in [1.82, 2.24) is 0 Å². The minimum atomic E-state index is 0.709. The van der Waals surface area contributed by atoms with Gasteiger partial charge in [0.25, 0.3) is 0 Å². The fraction of sp³-hybridized carbons (Fsp3) is 0.143. The summed E-state index contributed by atoms with van der Waals surface area (Å²) in [4.78, 5) is 2.78. The summed E-state index contributed by atoms with van der Waals surface area (Å²) >= 11 is 4.65. The predicted octanol–water partition coefficient (Wildman–Crippen LogP) is 4.19. The van der Waals surface area contributed by atoms with Crippen molar-refractivity contribution < 1.29 is 0 Å². The van der Waals surface area contributed by atoms with Crippen molar-refractivity contribution in [2.75, 3.05) is 9.30 Å². The van der Waals surface area contributed by atoms with Crippen molar-refractivity contribution in [2.24, 2.45) is 0 Å². The van der Waals surface area contributed by atoms with Gasteiger partial charge < -0.3 is 0 Å². The van der Waals surface area contributed by atoms with Crippen LogP contribution in [0.4, 0.5) is 0 Å². The number of rotatable bonds is 6. The van der Waals surface area contributed by atoms with E-state index in [4.69, 9.17) is 0 Å². The van der Waals surface area contributed by atoms with Crippen molar-refractivity contribution in [3.63, 3.8) is 0 Å². The van der Waals surface area contributed by atoms with E-state index in [1.807, 2.05) is 23.5 Å². The van der Waals surface area contributed by atoms with Gasteiger partial charge in [0.15, 0.2) is 0 Å². The van der Waals surface area contributed by atoms with Crippen LogP contribution in [0.5, 0.6) is 0 Å². The minimum absolute atomic E-state index is 0.709. The van der Waals surface area contributed by atoms with E-state index in [0.717, 1.165) is 0 Å². The van der Waals surface area contributed by atoms with Gasteiger partial charge in [-0.2, -0.15) is 0 Å². The van der Waals surface area contributed by atoms with Gasteiger partial charge in [-0.3, -0.25) is 0 Å². The Morgan fingerprint density at radius 2 is 1.06 bits per heavy atom. The summed E-state index contributed by atoms with van der Waals surface area (Å²) in [5.74, 6) is 0. The van der Waals surface area contributed by atoms with Gasteiger partial charge >= 0.3 is 118 Å². The number of hydrogen-bond acceptors (Lipinski definition) is 2.